The van der Waals surface area contributed by atoms with Crippen molar-refractivity contribution in [3.05, 3.63) is 29.3 Å². The number of esters is 1. The van der Waals surface area contributed by atoms with Gasteiger partial charge in [0, 0.05) is 0 Å². The number of nitrogens with two attached hydrogens (primary N) is 1. The molecule has 0 aliphatic heterocycles. The fourth-order valence-corrected chi connectivity index (χ4v) is 2.18. The molecule has 1 amide bonds. The number of halogens is 1. The maximum Gasteiger partial charge on any atom is 0.317 e. The van der Waals surface area contributed by atoms with Crippen molar-refractivity contribution >= 4 is 35.2 Å². The summed E-state index contributed by atoms with van der Waals surface area (Å²) in [5.74, 6) is -1.14. The summed E-state index contributed by atoms with van der Waals surface area (Å²) in [4.78, 5) is 22.3. The van der Waals surface area contributed by atoms with E-state index in [0.29, 0.717) is 10.6 Å². The highest BCUT2D eigenvalue weighted by atomic mass is 35.5. The van der Waals surface area contributed by atoms with Gasteiger partial charge in [0.05, 0.1) is 10.6 Å². The summed E-state index contributed by atoms with van der Waals surface area (Å²) in [6, 6.07) is 7.03. The number of aromatic nitrogens is 2. The molecular formula is C13H12ClN3O4S. The number of carbonyl (C=O) groups excluding carboxylic acids is 2. The number of carbonyl (C=O) groups is 2. The van der Waals surface area contributed by atoms with Gasteiger partial charge in [-0.15, -0.1) is 10.2 Å². The van der Waals surface area contributed by atoms with Gasteiger partial charge in [-0.05, 0) is 19.1 Å². The van der Waals surface area contributed by atoms with Gasteiger partial charge in [0.2, 0.25) is 5.89 Å². The molecule has 9 heteroatoms. The number of hydrogen-bond acceptors (Lipinski definition) is 7. The highest BCUT2D eigenvalue weighted by Gasteiger charge is 2.17. The minimum atomic E-state index is -0.977. The van der Waals surface area contributed by atoms with Crippen molar-refractivity contribution in [3.63, 3.8) is 0 Å². The van der Waals surface area contributed by atoms with Gasteiger partial charge in [-0.3, -0.25) is 9.59 Å². The number of thioether (sulfide) groups is 1. The van der Waals surface area contributed by atoms with Crippen LogP contribution in [0.3, 0.4) is 0 Å². The van der Waals surface area contributed by atoms with Crippen molar-refractivity contribution in [2.75, 3.05) is 5.75 Å². The zero-order valence-electron chi connectivity index (χ0n) is 11.5. The average molecular weight is 342 g/mol. The summed E-state index contributed by atoms with van der Waals surface area (Å²) >= 11 is 7.02. The predicted octanol–water partition coefficient (Wildman–Crippen LogP) is 1.90. The minimum Gasteiger partial charge on any atom is -0.452 e. The van der Waals surface area contributed by atoms with Gasteiger partial charge in [-0.1, -0.05) is 35.5 Å². The largest absolute Gasteiger partial charge is 0.452 e. The Bertz CT molecular complexity index is 691. The van der Waals surface area contributed by atoms with Gasteiger partial charge in [-0.2, -0.15) is 0 Å². The molecule has 0 spiro atoms. The molecule has 0 aliphatic rings. The lowest BCUT2D eigenvalue weighted by Gasteiger charge is -2.07. The van der Waals surface area contributed by atoms with Crippen LogP contribution in [0.2, 0.25) is 5.02 Å². The summed E-state index contributed by atoms with van der Waals surface area (Å²) in [6.07, 6.45) is -0.977. The standard InChI is InChI=1S/C13H12ClN3O4S/c1-7(11(15)19)20-10(18)6-22-13-17-16-12(21-13)8-4-2-3-5-9(8)14/h2-5,7H,6H2,1H3,(H2,15,19)/t7-/m1/s1. The van der Waals surface area contributed by atoms with E-state index < -0.39 is 18.0 Å². The molecule has 0 fully saturated rings. The fourth-order valence-electron chi connectivity index (χ4n) is 1.42. The number of benzene rings is 1. The molecule has 2 N–H and O–H groups in total. The van der Waals surface area contributed by atoms with E-state index in [-0.39, 0.29) is 16.9 Å². The van der Waals surface area contributed by atoms with E-state index in [4.69, 9.17) is 26.5 Å². The van der Waals surface area contributed by atoms with Crippen LogP contribution in [0.5, 0.6) is 0 Å². The van der Waals surface area contributed by atoms with Crippen molar-refractivity contribution in [3.8, 4) is 11.5 Å². The van der Waals surface area contributed by atoms with Crippen molar-refractivity contribution in [2.24, 2.45) is 5.73 Å². The van der Waals surface area contributed by atoms with E-state index in [9.17, 15) is 9.59 Å². The Labute approximate surface area is 135 Å². The molecule has 22 heavy (non-hydrogen) atoms. The Morgan fingerprint density at radius 3 is 2.82 bits per heavy atom. The average Bonchev–Trinajstić information content (AvgIpc) is 2.94. The Morgan fingerprint density at radius 2 is 2.14 bits per heavy atom. The number of hydrogen-bond donors (Lipinski definition) is 1. The van der Waals surface area contributed by atoms with Crippen LogP contribution in [0.1, 0.15) is 6.92 Å². The summed E-state index contributed by atoms with van der Waals surface area (Å²) in [5, 5.41) is 8.35. The first-order valence-corrected chi connectivity index (χ1v) is 7.53. The van der Waals surface area contributed by atoms with Crippen molar-refractivity contribution in [1.82, 2.24) is 10.2 Å². The van der Waals surface area contributed by atoms with Crippen LogP contribution >= 0.6 is 23.4 Å². The van der Waals surface area contributed by atoms with Crippen molar-refractivity contribution < 1.29 is 18.7 Å². The topological polar surface area (TPSA) is 108 Å². The molecular weight excluding hydrogens is 330 g/mol. The van der Waals surface area contributed by atoms with Crippen LogP contribution in [0, 0.1) is 0 Å². The second-order valence-corrected chi connectivity index (χ2v) is 5.51. The van der Waals surface area contributed by atoms with Gasteiger partial charge < -0.3 is 14.9 Å². The molecule has 0 unspecified atom stereocenters. The van der Waals surface area contributed by atoms with Gasteiger partial charge >= 0.3 is 5.97 Å². The Morgan fingerprint density at radius 1 is 1.41 bits per heavy atom. The molecule has 1 aromatic heterocycles. The lowest BCUT2D eigenvalue weighted by molar-refractivity contribution is -0.151. The number of amides is 1. The zero-order chi connectivity index (χ0) is 16.1. The third-order valence-electron chi connectivity index (χ3n) is 2.53. The molecule has 0 saturated carbocycles. The van der Waals surface area contributed by atoms with Crippen LogP contribution in [0.25, 0.3) is 11.5 Å². The molecule has 1 heterocycles. The quantitative estimate of drug-likeness (QED) is 0.631. The van der Waals surface area contributed by atoms with E-state index in [0.717, 1.165) is 11.8 Å². The third kappa shape index (κ3) is 4.22. The first kappa shape index (κ1) is 16.3. The molecule has 0 bridgehead atoms. The van der Waals surface area contributed by atoms with Gasteiger partial charge in [0.1, 0.15) is 5.75 Å². The summed E-state index contributed by atoms with van der Waals surface area (Å²) in [5.41, 5.74) is 5.60. The van der Waals surface area contributed by atoms with E-state index in [1.165, 1.54) is 6.92 Å². The Hall–Kier alpha value is -2.06. The third-order valence-corrected chi connectivity index (χ3v) is 3.65. The highest BCUT2D eigenvalue weighted by Crippen LogP contribution is 2.28. The molecule has 0 saturated heterocycles. The normalized spacial score (nSPS) is 11.9. The first-order valence-electron chi connectivity index (χ1n) is 6.17. The van der Waals surface area contributed by atoms with Crippen LogP contribution in [-0.2, 0) is 14.3 Å². The van der Waals surface area contributed by atoms with Gasteiger partial charge in [0.25, 0.3) is 11.1 Å². The Balaban J connectivity index is 1.94. The molecule has 2 rings (SSSR count). The van der Waals surface area contributed by atoms with E-state index in [1.807, 2.05) is 0 Å². The smallest absolute Gasteiger partial charge is 0.317 e. The van der Waals surface area contributed by atoms with Crippen LogP contribution < -0.4 is 5.73 Å². The molecule has 2 aromatic rings. The lowest BCUT2D eigenvalue weighted by atomic mass is 10.2. The van der Waals surface area contributed by atoms with Crippen LogP contribution in [-0.4, -0.2) is 33.9 Å². The summed E-state index contributed by atoms with van der Waals surface area (Å²) in [6.45, 7) is 1.40. The van der Waals surface area contributed by atoms with E-state index in [1.54, 1.807) is 24.3 Å². The number of nitrogens with zero attached hydrogens (tertiary/aromatic N) is 2. The second kappa shape index (κ2) is 7.28. The number of primary amides is 1. The van der Waals surface area contributed by atoms with E-state index >= 15 is 0 Å². The maximum absolute atomic E-state index is 11.5. The predicted molar refractivity (Wildman–Crippen MR) is 80.2 cm³/mol. The highest BCUT2D eigenvalue weighted by molar-refractivity contribution is 7.99. The second-order valence-electron chi connectivity index (χ2n) is 4.18. The molecule has 1 atom stereocenters. The lowest BCUT2D eigenvalue weighted by Crippen LogP contribution is -2.31. The number of ether oxygens (including phenoxy) is 1. The van der Waals surface area contributed by atoms with Gasteiger partial charge in [0.15, 0.2) is 6.10 Å². The van der Waals surface area contributed by atoms with Crippen molar-refractivity contribution in [1.29, 1.82) is 0 Å². The SMILES string of the molecule is C[C@@H](OC(=O)CSc1nnc(-c2ccccc2Cl)o1)C(N)=O. The van der Waals surface area contributed by atoms with Crippen LogP contribution in [0.15, 0.2) is 33.9 Å². The number of rotatable bonds is 6. The molecule has 0 aliphatic carbocycles. The Kier molecular flexibility index (Phi) is 5.40. The summed E-state index contributed by atoms with van der Waals surface area (Å²) < 4.78 is 10.2. The minimum absolute atomic E-state index is 0.0816. The maximum atomic E-state index is 11.5. The van der Waals surface area contributed by atoms with E-state index in [2.05, 4.69) is 10.2 Å². The molecule has 0 radical (unpaired) electrons. The fraction of sp³-hybridized carbons (Fsp3) is 0.231. The molecule has 7 nitrogen and oxygen atoms in total. The van der Waals surface area contributed by atoms with Crippen LogP contribution in [0.4, 0.5) is 0 Å². The first-order chi connectivity index (χ1) is 10.5. The van der Waals surface area contributed by atoms with Gasteiger partial charge in [-0.25, -0.2) is 0 Å². The molecule has 116 valence electrons. The molecule has 1 aromatic carbocycles. The monoisotopic (exact) mass is 341 g/mol. The summed E-state index contributed by atoms with van der Waals surface area (Å²) in [7, 11) is 0. The van der Waals surface area contributed by atoms with Crippen molar-refractivity contribution in [2.45, 2.75) is 18.3 Å². The zero-order valence-corrected chi connectivity index (χ0v) is 13.1.